The van der Waals surface area contributed by atoms with Crippen LogP contribution < -0.4 is 24.6 Å². The summed E-state index contributed by atoms with van der Waals surface area (Å²) in [6.07, 6.45) is 4.07. The Bertz CT molecular complexity index is 2040. The van der Waals surface area contributed by atoms with Crippen LogP contribution in [-0.2, 0) is 36.1 Å². The highest BCUT2D eigenvalue weighted by Gasteiger charge is 2.55. The summed E-state index contributed by atoms with van der Waals surface area (Å²) in [5.74, 6) is 1.13. The molecule has 4 amide bonds. The van der Waals surface area contributed by atoms with Gasteiger partial charge in [-0.25, -0.2) is 9.78 Å². The Balaban J connectivity index is 1.28. The zero-order valence-electron chi connectivity index (χ0n) is 31.0. The molecule has 0 spiro atoms. The molecule has 2 aromatic heterocycles. The molecule has 12 nitrogen and oxygen atoms in total. The van der Waals surface area contributed by atoms with Gasteiger partial charge in [0.2, 0.25) is 5.91 Å². The fraction of sp³-hybridized carbons (Fsp3) is 0.293. The van der Waals surface area contributed by atoms with Crippen LogP contribution in [0.3, 0.4) is 0 Å². The number of ether oxygens (including phenoxy) is 2. The molecule has 1 aliphatic heterocycles. The first-order valence-corrected chi connectivity index (χ1v) is 18.1. The number of anilines is 2. The topological polar surface area (TPSA) is 122 Å². The van der Waals surface area contributed by atoms with Gasteiger partial charge >= 0.3 is 6.03 Å². The summed E-state index contributed by atoms with van der Waals surface area (Å²) in [6, 6.07) is 26.4. The zero-order valence-corrected chi connectivity index (χ0v) is 31.7. The van der Waals surface area contributed by atoms with Gasteiger partial charge in [-0.3, -0.25) is 24.1 Å². The van der Waals surface area contributed by atoms with Crippen molar-refractivity contribution in [2.24, 2.45) is 13.0 Å². The first-order chi connectivity index (χ1) is 26.1. The number of aromatic nitrogens is 3. The third kappa shape index (κ3) is 8.34. The molecule has 3 heterocycles. The van der Waals surface area contributed by atoms with Gasteiger partial charge in [0.05, 0.1) is 32.4 Å². The maximum atomic E-state index is 14.2. The number of pyridine rings is 1. The van der Waals surface area contributed by atoms with E-state index in [4.69, 9.17) is 26.1 Å². The van der Waals surface area contributed by atoms with Gasteiger partial charge in [0.25, 0.3) is 5.91 Å². The average Bonchev–Trinajstić information content (AvgIpc) is 3.63. The number of hydrogen-bond donors (Lipinski definition) is 1. The number of amides is 4. The summed E-state index contributed by atoms with van der Waals surface area (Å²) >= 11 is 6.25. The van der Waals surface area contributed by atoms with E-state index in [2.05, 4.69) is 15.3 Å². The van der Waals surface area contributed by atoms with Crippen LogP contribution in [0.4, 0.5) is 16.4 Å². The smallest absolute Gasteiger partial charge is 0.325 e. The lowest BCUT2D eigenvalue weighted by Crippen LogP contribution is -2.70. The number of carbonyl (C=O) groups excluding carboxylic acids is 3. The second kappa shape index (κ2) is 16.9. The predicted octanol–water partition coefficient (Wildman–Crippen LogP) is 6.59. The molecule has 0 aliphatic carbocycles. The maximum Gasteiger partial charge on any atom is 0.325 e. The lowest BCUT2D eigenvalue weighted by atomic mass is 9.81. The summed E-state index contributed by atoms with van der Waals surface area (Å²) in [6.45, 7) is 3.02. The Morgan fingerprint density at radius 2 is 1.54 bits per heavy atom. The summed E-state index contributed by atoms with van der Waals surface area (Å²) in [7, 11) is 6.62. The van der Waals surface area contributed by atoms with Gasteiger partial charge in [-0.1, -0.05) is 54.9 Å². The van der Waals surface area contributed by atoms with Crippen LogP contribution in [0.2, 0.25) is 5.02 Å². The number of aryl methyl sites for hydroxylation is 1. The van der Waals surface area contributed by atoms with Gasteiger partial charge < -0.3 is 19.7 Å². The first-order valence-electron chi connectivity index (χ1n) is 17.7. The number of likely N-dealkylation sites (tertiary alicyclic amines) is 1. The molecular formula is C41H44ClN7O5. The first kappa shape index (κ1) is 37.9. The van der Waals surface area contributed by atoms with Gasteiger partial charge in [0.1, 0.15) is 29.2 Å². The SMILES string of the molecule is CCC(NC(=O)N1C(=O)[C@H](Cc2ccnc(N(Cc3ccc(OC)cc3)Cc3ccc(OC)cc3)c2)[C@H]1C(=O)N(C)c1ccnn1C)c1cccc(Cl)c1. The molecule has 280 valence electrons. The quantitative estimate of drug-likeness (QED) is 0.126. The van der Waals surface area contributed by atoms with Crippen molar-refractivity contribution in [3.05, 3.63) is 131 Å². The minimum Gasteiger partial charge on any atom is -0.497 e. The minimum absolute atomic E-state index is 0.220. The van der Waals surface area contributed by atoms with Crippen LogP contribution >= 0.6 is 11.6 Å². The highest BCUT2D eigenvalue weighted by molar-refractivity contribution is 6.30. The van der Waals surface area contributed by atoms with E-state index in [0.29, 0.717) is 36.2 Å². The largest absolute Gasteiger partial charge is 0.497 e. The highest BCUT2D eigenvalue weighted by Crippen LogP contribution is 2.34. The van der Waals surface area contributed by atoms with Gasteiger partial charge in [-0.05, 0) is 83.6 Å². The number of methoxy groups -OCH3 is 2. The Hall–Kier alpha value is -5.88. The van der Waals surface area contributed by atoms with E-state index >= 15 is 0 Å². The number of halogens is 1. The number of likely N-dealkylation sites (N-methyl/N-ethyl adjacent to an activating group) is 1. The molecule has 0 bridgehead atoms. The van der Waals surface area contributed by atoms with Crippen LogP contribution in [0.1, 0.15) is 41.6 Å². The molecule has 5 aromatic rings. The van der Waals surface area contributed by atoms with E-state index in [0.717, 1.165) is 38.7 Å². The van der Waals surface area contributed by atoms with Crippen molar-refractivity contribution in [1.82, 2.24) is 25.0 Å². The highest BCUT2D eigenvalue weighted by atomic mass is 35.5. The number of rotatable bonds is 14. The van der Waals surface area contributed by atoms with Crippen molar-refractivity contribution in [2.75, 3.05) is 31.1 Å². The Labute approximate surface area is 320 Å². The number of nitrogens with zero attached hydrogens (tertiary/aromatic N) is 6. The van der Waals surface area contributed by atoms with Crippen molar-refractivity contribution in [2.45, 2.75) is 44.9 Å². The number of urea groups is 1. The van der Waals surface area contributed by atoms with Crippen molar-refractivity contribution in [1.29, 1.82) is 0 Å². The van der Waals surface area contributed by atoms with Gasteiger partial charge in [0.15, 0.2) is 0 Å². The Morgan fingerprint density at radius 1 is 0.889 bits per heavy atom. The molecule has 0 radical (unpaired) electrons. The van der Waals surface area contributed by atoms with E-state index in [9.17, 15) is 14.4 Å². The fourth-order valence-electron chi connectivity index (χ4n) is 6.76. The normalized spacial score (nSPS) is 15.6. The number of β-lactam (4-membered cyclic amide) rings is 1. The van der Waals surface area contributed by atoms with Crippen LogP contribution in [0.5, 0.6) is 11.5 Å². The van der Waals surface area contributed by atoms with Gasteiger partial charge in [-0.15, -0.1) is 0 Å². The van der Waals surface area contributed by atoms with Crippen LogP contribution in [-0.4, -0.2) is 64.8 Å². The van der Waals surface area contributed by atoms with E-state index in [1.165, 1.54) is 4.90 Å². The molecule has 0 saturated carbocycles. The average molecular weight is 750 g/mol. The molecule has 1 saturated heterocycles. The number of nitrogens with one attached hydrogen (secondary N) is 1. The van der Waals surface area contributed by atoms with Gasteiger partial charge in [-0.2, -0.15) is 5.10 Å². The van der Waals surface area contributed by atoms with E-state index in [-0.39, 0.29) is 6.42 Å². The number of hydrogen-bond acceptors (Lipinski definition) is 8. The standard InChI is InChI=1S/C41H44ClN7O5/c1-6-35(30-8-7-9-31(42)24-30)45-41(52)49-38(40(51)46(2)37-19-21-44-47(37)3)34(39(49)50)22-29-18-20-43-36(23-29)48(25-27-10-14-32(53-4)15-11-27)26-28-12-16-33(54-5)17-13-28/h7-21,23-24,34-35,38H,6,22,25-26H2,1-5H3,(H,45,52)/t34-,35?,38+/m1/s1. The second-order valence-corrected chi connectivity index (χ2v) is 13.7. The maximum absolute atomic E-state index is 14.2. The van der Waals surface area contributed by atoms with Crippen LogP contribution in [0, 0.1) is 5.92 Å². The monoisotopic (exact) mass is 749 g/mol. The van der Waals surface area contributed by atoms with Crippen LogP contribution in [0.25, 0.3) is 0 Å². The molecule has 1 aliphatic rings. The molecule has 3 aromatic carbocycles. The van der Waals surface area contributed by atoms with Gasteiger partial charge in [0, 0.05) is 44.5 Å². The second-order valence-electron chi connectivity index (χ2n) is 13.2. The van der Waals surface area contributed by atoms with Crippen molar-refractivity contribution in [3.63, 3.8) is 0 Å². The zero-order chi connectivity index (χ0) is 38.4. The van der Waals surface area contributed by atoms with E-state index in [1.807, 2.05) is 79.7 Å². The van der Waals surface area contributed by atoms with E-state index < -0.39 is 35.8 Å². The minimum atomic E-state index is -1.06. The third-order valence-corrected chi connectivity index (χ3v) is 10.0. The molecule has 1 fully saturated rings. The number of carbonyl (C=O) groups is 3. The summed E-state index contributed by atoms with van der Waals surface area (Å²) < 4.78 is 12.3. The molecule has 54 heavy (non-hydrogen) atoms. The number of benzene rings is 3. The van der Waals surface area contributed by atoms with E-state index in [1.54, 1.807) is 63.6 Å². The molecule has 1 N–H and O–H groups in total. The lowest BCUT2D eigenvalue weighted by molar-refractivity contribution is -0.156. The molecular weight excluding hydrogens is 706 g/mol. The molecule has 6 rings (SSSR count). The Morgan fingerprint density at radius 3 is 2.09 bits per heavy atom. The summed E-state index contributed by atoms with van der Waals surface area (Å²) in [5, 5.41) is 7.71. The fourth-order valence-corrected chi connectivity index (χ4v) is 6.96. The Kier molecular flexibility index (Phi) is 11.8. The van der Waals surface area contributed by atoms with Crippen LogP contribution in [0.15, 0.2) is 103 Å². The predicted molar refractivity (Wildman–Crippen MR) is 208 cm³/mol. The molecule has 1 unspecified atom stereocenters. The van der Waals surface area contributed by atoms with Crippen molar-refractivity contribution < 1.29 is 23.9 Å². The summed E-state index contributed by atoms with van der Waals surface area (Å²) in [4.78, 5) is 51.4. The van der Waals surface area contributed by atoms with Crippen molar-refractivity contribution in [3.8, 4) is 11.5 Å². The lowest BCUT2D eigenvalue weighted by Gasteiger charge is -2.46. The summed E-state index contributed by atoms with van der Waals surface area (Å²) in [5.41, 5.74) is 3.72. The third-order valence-electron chi connectivity index (χ3n) is 9.77. The number of imide groups is 1. The molecule has 13 heteroatoms. The molecule has 3 atom stereocenters. The van der Waals surface area contributed by atoms with Crippen molar-refractivity contribution >= 4 is 41.1 Å².